The van der Waals surface area contributed by atoms with Crippen LogP contribution in [0.5, 0.6) is 0 Å². The zero-order chi connectivity index (χ0) is 21.6. The van der Waals surface area contributed by atoms with Gasteiger partial charge in [-0.2, -0.15) is 4.31 Å². The molecule has 0 spiro atoms. The van der Waals surface area contributed by atoms with Gasteiger partial charge in [-0.05, 0) is 23.8 Å². The lowest BCUT2D eigenvalue weighted by Crippen LogP contribution is -2.30. The van der Waals surface area contributed by atoms with Crippen molar-refractivity contribution in [2.24, 2.45) is 0 Å². The van der Waals surface area contributed by atoms with Crippen LogP contribution in [0.3, 0.4) is 0 Å². The summed E-state index contributed by atoms with van der Waals surface area (Å²) >= 11 is 2.82. The Morgan fingerprint density at radius 2 is 1.80 bits per heavy atom. The second kappa shape index (κ2) is 10.2. The summed E-state index contributed by atoms with van der Waals surface area (Å²) in [5.41, 5.74) is 1.42. The van der Waals surface area contributed by atoms with E-state index >= 15 is 0 Å². The number of anilines is 1. The largest absolute Gasteiger partial charge is 0.296 e. The molecular formula is C20H22N4O3S3. The number of benzene rings is 2. The summed E-state index contributed by atoms with van der Waals surface area (Å²) < 4.78 is 27.5. The number of sulfonamides is 1. The lowest BCUT2D eigenvalue weighted by atomic mass is 10.2. The molecule has 1 heterocycles. The smallest absolute Gasteiger partial charge is 0.257 e. The molecule has 0 saturated heterocycles. The van der Waals surface area contributed by atoms with Gasteiger partial charge in [0.15, 0.2) is 4.34 Å². The summed E-state index contributed by atoms with van der Waals surface area (Å²) in [5.74, 6) is 0.330. The third-order valence-corrected chi connectivity index (χ3v) is 8.36. The zero-order valence-electron chi connectivity index (χ0n) is 16.6. The van der Waals surface area contributed by atoms with Crippen molar-refractivity contribution in [1.29, 1.82) is 0 Å². The molecule has 0 fully saturated rings. The van der Waals surface area contributed by atoms with Gasteiger partial charge >= 0.3 is 0 Å². The number of nitrogens with zero attached hydrogens (tertiary/aromatic N) is 3. The highest BCUT2D eigenvalue weighted by Gasteiger charge is 2.22. The minimum atomic E-state index is -3.64. The predicted molar refractivity (Wildman–Crippen MR) is 120 cm³/mol. The first-order chi connectivity index (χ1) is 14.4. The minimum absolute atomic E-state index is 0.0928. The third kappa shape index (κ3) is 5.45. The summed E-state index contributed by atoms with van der Waals surface area (Å²) in [7, 11) is -3.64. The van der Waals surface area contributed by atoms with Gasteiger partial charge in [0.25, 0.3) is 5.91 Å². The van der Waals surface area contributed by atoms with E-state index in [1.807, 2.05) is 30.3 Å². The average Bonchev–Trinajstić information content (AvgIpc) is 3.21. The fourth-order valence-corrected chi connectivity index (χ4v) is 5.92. The standard InChI is InChI=1S/C20H22N4O3S3/c1-3-24(4-2)30(26,27)17-12-8-11-16(13-17)18(25)21-19-22-23-20(29-19)28-14-15-9-6-5-7-10-15/h5-13H,3-4,14H2,1-2H3,(H,21,22,25). The second-order valence-electron chi connectivity index (χ2n) is 6.22. The average molecular weight is 463 g/mol. The quantitative estimate of drug-likeness (QED) is 0.380. The number of carbonyl (C=O) groups excluding carboxylic acids is 1. The molecule has 0 atom stereocenters. The van der Waals surface area contributed by atoms with Gasteiger partial charge in [0.05, 0.1) is 4.90 Å². The molecule has 30 heavy (non-hydrogen) atoms. The highest BCUT2D eigenvalue weighted by atomic mass is 32.2. The van der Waals surface area contributed by atoms with Gasteiger partial charge in [0.1, 0.15) is 0 Å². The van der Waals surface area contributed by atoms with E-state index in [-0.39, 0.29) is 10.5 Å². The number of hydrogen-bond donors (Lipinski definition) is 1. The Hall–Kier alpha value is -2.27. The SMILES string of the molecule is CCN(CC)S(=O)(=O)c1cccc(C(=O)Nc2nnc(SCc3ccccc3)s2)c1. The van der Waals surface area contributed by atoms with Crippen molar-refractivity contribution in [3.63, 3.8) is 0 Å². The topological polar surface area (TPSA) is 92.3 Å². The lowest BCUT2D eigenvalue weighted by Gasteiger charge is -2.18. The number of amides is 1. The number of thioether (sulfide) groups is 1. The van der Waals surface area contributed by atoms with Gasteiger partial charge in [0, 0.05) is 24.4 Å². The van der Waals surface area contributed by atoms with E-state index in [0.29, 0.717) is 18.2 Å². The molecule has 158 valence electrons. The van der Waals surface area contributed by atoms with Gasteiger partial charge in [-0.1, -0.05) is 73.3 Å². The van der Waals surface area contributed by atoms with Crippen molar-refractivity contribution in [3.8, 4) is 0 Å². The normalized spacial score (nSPS) is 11.6. The van der Waals surface area contributed by atoms with Crippen LogP contribution >= 0.6 is 23.1 Å². The molecule has 1 amide bonds. The number of rotatable bonds is 9. The van der Waals surface area contributed by atoms with E-state index in [2.05, 4.69) is 15.5 Å². The summed E-state index contributed by atoms with van der Waals surface area (Å²) in [6.45, 7) is 4.29. The fraction of sp³-hybridized carbons (Fsp3) is 0.250. The van der Waals surface area contributed by atoms with Crippen molar-refractivity contribution in [2.75, 3.05) is 18.4 Å². The van der Waals surface area contributed by atoms with Gasteiger partial charge in [-0.25, -0.2) is 8.42 Å². The zero-order valence-corrected chi connectivity index (χ0v) is 19.1. The van der Waals surface area contributed by atoms with Gasteiger partial charge in [-0.15, -0.1) is 10.2 Å². The van der Waals surface area contributed by atoms with Gasteiger partial charge in [0.2, 0.25) is 15.2 Å². The number of aromatic nitrogens is 2. The molecule has 2 aromatic carbocycles. The molecule has 1 N–H and O–H groups in total. The summed E-state index contributed by atoms with van der Waals surface area (Å²) in [4.78, 5) is 12.7. The predicted octanol–water partition coefficient (Wildman–Crippen LogP) is 4.11. The minimum Gasteiger partial charge on any atom is -0.296 e. The van der Waals surface area contributed by atoms with Crippen LogP contribution in [0.25, 0.3) is 0 Å². The molecule has 3 aromatic rings. The van der Waals surface area contributed by atoms with Gasteiger partial charge < -0.3 is 0 Å². The summed E-state index contributed by atoms with van der Waals surface area (Å²) in [6, 6.07) is 16.0. The van der Waals surface area contributed by atoms with E-state index in [4.69, 9.17) is 0 Å². The maximum atomic E-state index is 12.7. The first kappa shape index (κ1) is 22.4. The van der Waals surface area contributed by atoms with Crippen LogP contribution in [0.1, 0.15) is 29.8 Å². The Balaban J connectivity index is 1.67. The Morgan fingerprint density at radius 3 is 2.50 bits per heavy atom. The highest BCUT2D eigenvalue weighted by molar-refractivity contribution is 8.00. The molecular weight excluding hydrogens is 440 g/mol. The van der Waals surface area contributed by atoms with Crippen LogP contribution in [0.2, 0.25) is 0 Å². The first-order valence-electron chi connectivity index (χ1n) is 9.35. The van der Waals surface area contributed by atoms with Crippen molar-refractivity contribution in [3.05, 3.63) is 65.7 Å². The van der Waals surface area contributed by atoms with Gasteiger partial charge in [-0.3, -0.25) is 10.1 Å². The Labute approximate surface area is 184 Å². The van der Waals surface area contributed by atoms with Crippen LogP contribution in [-0.4, -0.2) is 41.9 Å². The molecule has 0 bridgehead atoms. The van der Waals surface area contributed by atoms with Crippen molar-refractivity contribution >= 4 is 44.2 Å². The van der Waals surface area contributed by atoms with E-state index in [1.54, 1.807) is 37.7 Å². The van der Waals surface area contributed by atoms with E-state index in [1.165, 1.54) is 33.3 Å². The molecule has 0 unspecified atom stereocenters. The van der Waals surface area contributed by atoms with E-state index in [0.717, 1.165) is 10.1 Å². The van der Waals surface area contributed by atoms with E-state index in [9.17, 15) is 13.2 Å². The van der Waals surface area contributed by atoms with E-state index < -0.39 is 15.9 Å². The molecule has 3 rings (SSSR count). The van der Waals surface area contributed by atoms with Crippen LogP contribution in [-0.2, 0) is 15.8 Å². The van der Waals surface area contributed by atoms with Crippen LogP contribution in [0, 0.1) is 0 Å². The number of hydrogen-bond acceptors (Lipinski definition) is 7. The molecule has 10 heteroatoms. The number of carbonyl (C=O) groups is 1. The third-order valence-electron chi connectivity index (χ3n) is 4.27. The molecule has 0 aliphatic heterocycles. The molecule has 0 radical (unpaired) electrons. The molecule has 0 saturated carbocycles. The van der Waals surface area contributed by atoms with Crippen molar-refractivity contribution < 1.29 is 13.2 Å². The first-order valence-corrected chi connectivity index (χ1v) is 12.6. The van der Waals surface area contributed by atoms with Crippen LogP contribution in [0.4, 0.5) is 5.13 Å². The maximum absolute atomic E-state index is 12.7. The highest BCUT2D eigenvalue weighted by Crippen LogP contribution is 2.28. The Morgan fingerprint density at radius 1 is 1.07 bits per heavy atom. The Kier molecular flexibility index (Phi) is 7.59. The molecule has 7 nitrogen and oxygen atoms in total. The molecule has 0 aliphatic carbocycles. The van der Waals surface area contributed by atoms with Crippen molar-refractivity contribution in [1.82, 2.24) is 14.5 Å². The Bertz CT molecular complexity index is 1100. The van der Waals surface area contributed by atoms with Crippen LogP contribution in [0.15, 0.2) is 63.8 Å². The van der Waals surface area contributed by atoms with Crippen molar-refractivity contribution in [2.45, 2.75) is 28.8 Å². The summed E-state index contributed by atoms with van der Waals surface area (Å²) in [6.07, 6.45) is 0. The fourth-order valence-electron chi connectivity index (χ4n) is 2.72. The molecule has 1 aromatic heterocycles. The monoisotopic (exact) mass is 462 g/mol. The number of nitrogens with one attached hydrogen (secondary N) is 1. The maximum Gasteiger partial charge on any atom is 0.257 e. The van der Waals surface area contributed by atoms with Crippen LogP contribution < -0.4 is 5.32 Å². The summed E-state index contributed by atoms with van der Waals surface area (Å²) in [5, 5.41) is 11.2. The molecule has 0 aliphatic rings. The lowest BCUT2D eigenvalue weighted by molar-refractivity contribution is 0.102. The second-order valence-corrected chi connectivity index (χ2v) is 10.4.